The van der Waals surface area contributed by atoms with Gasteiger partial charge in [-0.05, 0) is 59.4 Å². The lowest BCUT2D eigenvalue weighted by Crippen LogP contribution is -2.45. The number of Topliss-reactive ketones (excluding diaryl/α,β-unsaturated/α-hetero) is 1. The van der Waals surface area contributed by atoms with E-state index >= 15 is 0 Å². The molecule has 0 N–H and O–H groups in total. The number of carbonyl (C=O) groups excluding carboxylic acids is 3. The van der Waals surface area contributed by atoms with Crippen LogP contribution in [0.4, 0.5) is 0 Å². The third-order valence-corrected chi connectivity index (χ3v) is 5.66. The van der Waals surface area contributed by atoms with E-state index in [2.05, 4.69) is 0 Å². The number of hydrogen-bond donors (Lipinski definition) is 0. The van der Waals surface area contributed by atoms with E-state index in [4.69, 9.17) is 9.47 Å². The molecule has 0 radical (unpaired) electrons. The second-order valence-corrected chi connectivity index (χ2v) is 7.57. The maximum Gasteiger partial charge on any atom is 0.354 e. The highest BCUT2D eigenvalue weighted by atomic mass is 16.5. The van der Waals surface area contributed by atoms with Gasteiger partial charge in [-0.3, -0.25) is 9.59 Å². The average Bonchev–Trinajstić information content (AvgIpc) is 3.52. The topological polar surface area (TPSA) is 77.8 Å². The van der Waals surface area contributed by atoms with Gasteiger partial charge in [-0.15, -0.1) is 0 Å². The van der Waals surface area contributed by atoms with Gasteiger partial charge in [0, 0.05) is 43.5 Å². The largest absolute Gasteiger partial charge is 0.464 e. The molecule has 1 heterocycles. The molecule has 162 valence electrons. The van der Waals surface area contributed by atoms with Crippen molar-refractivity contribution < 1.29 is 23.9 Å². The van der Waals surface area contributed by atoms with Crippen LogP contribution in [0.2, 0.25) is 0 Å². The van der Waals surface area contributed by atoms with Gasteiger partial charge in [0.15, 0.2) is 5.78 Å². The van der Waals surface area contributed by atoms with Crippen molar-refractivity contribution >= 4 is 17.7 Å². The van der Waals surface area contributed by atoms with E-state index in [-0.39, 0.29) is 17.6 Å². The van der Waals surface area contributed by atoms with Gasteiger partial charge in [-0.1, -0.05) is 0 Å². The Bertz CT molecular complexity index is 764. The van der Waals surface area contributed by atoms with Crippen LogP contribution in [-0.4, -0.2) is 60.0 Å². The van der Waals surface area contributed by atoms with Gasteiger partial charge < -0.3 is 18.9 Å². The number of amides is 1. The quantitative estimate of drug-likeness (QED) is 0.320. The molecule has 1 aromatic rings. The number of aromatic nitrogens is 1. The molecule has 2 rings (SSSR count). The molecule has 1 fully saturated rings. The molecule has 1 aromatic heterocycles. The molecule has 1 unspecified atom stereocenters. The van der Waals surface area contributed by atoms with E-state index in [1.807, 2.05) is 25.3 Å². The van der Waals surface area contributed by atoms with Crippen molar-refractivity contribution in [3.63, 3.8) is 0 Å². The fourth-order valence-corrected chi connectivity index (χ4v) is 3.90. The van der Waals surface area contributed by atoms with Crippen LogP contribution in [0.15, 0.2) is 0 Å². The van der Waals surface area contributed by atoms with Crippen molar-refractivity contribution in [3.8, 4) is 0 Å². The van der Waals surface area contributed by atoms with Crippen LogP contribution >= 0.6 is 0 Å². The zero-order chi connectivity index (χ0) is 21.7. The van der Waals surface area contributed by atoms with Gasteiger partial charge in [0.1, 0.15) is 5.69 Å². The number of rotatable bonds is 11. The number of ether oxygens (including phenoxy) is 2. The normalized spacial score (nSPS) is 14.6. The van der Waals surface area contributed by atoms with E-state index < -0.39 is 12.0 Å². The smallest absolute Gasteiger partial charge is 0.354 e. The van der Waals surface area contributed by atoms with Crippen molar-refractivity contribution in [1.29, 1.82) is 0 Å². The summed E-state index contributed by atoms with van der Waals surface area (Å²) in [6.07, 6.45) is 2.46. The lowest BCUT2D eigenvalue weighted by Gasteiger charge is -2.29. The molecular weight excluding hydrogens is 372 g/mol. The van der Waals surface area contributed by atoms with Gasteiger partial charge >= 0.3 is 5.97 Å². The predicted octanol–water partition coefficient (Wildman–Crippen LogP) is 3.15. The molecule has 1 aliphatic carbocycles. The Balaban J connectivity index is 2.33. The number of hydrogen-bond acceptors (Lipinski definition) is 5. The minimum atomic E-state index is -0.597. The van der Waals surface area contributed by atoms with Gasteiger partial charge in [-0.25, -0.2) is 4.79 Å². The van der Waals surface area contributed by atoms with Crippen molar-refractivity contribution in [2.24, 2.45) is 5.92 Å². The highest BCUT2D eigenvalue weighted by Crippen LogP contribution is 2.33. The minimum Gasteiger partial charge on any atom is -0.464 e. The second-order valence-electron chi connectivity index (χ2n) is 7.57. The molecule has 0 bridgehead atoms. The predicted molar refractivity (Wildman–Crippen MR) is 110 cm³/mol. The zero-order valence-electron chi connectivity index (χ0n) is 18.5. The molecule has 0 saturated heterocycles. The first-order valence-corrected chi connectivity index (χ1v) is 10.5. The molecular formula is C22H34N2O5. The van der Waals surface area contributed by atoms with E-state index in [0.29, 0.717) is 49.5 Å². The summed E-state index contributed by atoms with van der Waals surface area (Å²) >= 11 is 0. The molecule has 29 heavy (non-hydrogen) atoms. The van der Waals surface area contributed by atoms with Gasteiger partial charge in [-0.2, -0.15) is 0 Å². The average molecular weight is 407 g/mol. The number of nitrogens with zero attached hydrogens (tertiary/aromatic N) is 2. The van der Waals surface area contributed by atoms with Gasteiger partial charge in [0.2, 0.25) is 5.91 Å². The van der Waals surface area contributed by atoms with Crippen molar-refractivity contribution in [3.05, 3.63) is 22.5 Å². The van der Waals surface area contributed by atoms with Gasteiger partial charge in [0.05, 0.1) is 13.2 Å². The van der Waals surface area contributed by atoms with Crippen LogP contribution in [0.1, 0.15) is 72.1 Å². The number of esters is 1. The molecule has 0 aromatic carbocycles. The fourth-order valence-electron chi connectivity index (χ4n) is 3.90. The summed E-state index contributed by atoms with van der Waals surface area (Å²) in [4.78, 5) is 40.3. The number of carbonyl (C=O) groups is 3. The monoisotopic (exact) mass is 406 g/mol. The Morgan fingerprint density at radius 3 is 2.38 bits per heavy atom. The van der Waals surface area contributed by atoms with Crippen molar-refractivity contribution in [2.45, 2.75) is 66.5 Å². The van der Waals surface area contributed by atoms with Crippen LogP contribution in [0.3, 0.4) is 0 Å². The Kier molecular flexibility index (Phi) is 8.02. The molecule has 0 aliphatic heterocycles. The Hall–Kier alpha value is -2.15. The molecule has 7 heteroatoms. The Morgan fingerprint density at radius 2 is 1.86 bits per heavy atom. The van der Waals surface area contributed by atoms with Crippen LogP contribution in [0, 0.1) is 19.8 Å². The van der Waals surface area contributed by atoms with E-state index in [9.17, 15) is 14.4 Å². The highest BCUT2D eigenvalue weighted by molar-refractivity contribution is 6.06. The molecule has 1 amide bonds. The Morgan fingerprint density at radius 1 is 1.21 bits per heavy atom. The summed E-state index contributed by atoms with van der Waals surface area (Å²) < 4.78 is 12.1. The lowest BCUT2D eigenvalue weighted by atomic mass is 9.99. The summed E-state index contributed by atoms with van der Waals surface area (Å²) in [7, 11) is 1.34. The van der Waals surface area contributed by atoms with Crippen LogP contribution in [0.5, 0.6) is 0 Å². The summed E-state index contributed by atoms with van der Waals surface area (Å²) in [5.74, 6) is -0.518. The molecule has 1 aliphatic rings. The SMILES string of the molecule is CCOCCCN(C(=O)C1CC1)C(C)C(=O)c1c(C)c(C(=O)OC)n(CC)c1C. The van der Waals surface area contributed by atoms with Crippen LogP contribution in [0.25, 0.3) is 0 Å². The summed E-state index contributed by atoms with van der Waals surface area (Å²) in [6, 6.07) is -0.597. The summed E-state index contributed by atoms with van der Waals surface area (Å²) in [5, 5.41) is 0. The molecule has 0 spiro atoms. The van der Waals surface area contributed by atoms with Crippen LogP contribution in [-0.2, 0) is 20.8 Å². The van der Waals surface area contributed by atoms with Gasteiger partial charge in [0.25, 0.3) is 0 Å². The molecule has 7 nitrogen and oxygen atoms in total. The van der Waals surface area contributed by atoms with Crippen LogP contribution < -0.4 is 0 Å². The van der Waals surface area contributed by atoms with Crippen molar-refractivity contribution in [1.82, 2.24) is 9.47 Å². The lowest BCUT2D eigenvalue weighted by molar-refractivity contribution is -0.134. The summed E-state index contributed by atoms with van der Waals surface area (Å²) in [6.45, 7) is 11.5. The maximum absolute atomic E-state index is 13.5. The number of methoxy groups -OCH3 is 1. The standard InChI is InChI=1S/C22H34N2O5/c1-7-23-15(4)18(14(3)19(23)22(27)28-6)20(25)16(5)24(12-9-13-29-8-2)21(26)17-10-11-17/h16-17H,7-13H2,1-6H3. The summed E-state index contributed by atoms with van der Waals surface area (Å²) in [5.41, 5.74) is 2.26. The van der Waals surface area contributed by atoms with E-state index in [1.54, 1.807) is 18.7 Å². The fraction of sp³-hybridized carbons (Fsp3) is 0.682. The third-order valence-electron chi connectivity index (χ3n) is 5.66. The number of ketones is 1. The first kappa shape index (κ1) is 23.1. The molecule has 1 saturated carbocycles. The van der Waals surface area contributed by atoms with E-state index in [0.717, 1.165) is 18.5 Å². The third kappa shape index (κ3) is 4.89. The minimum absolute atomic E-state index is 0.0328. The van der Waals surface area contributed by atoms with Crippen molar-refractivity contribution in [2.75, 3.05) is 26.9 Å². The molecule has 1 atom stereocenters. The Labute approximate surface area is 173 Å². The van der Waals surface area contributed by atoms with E-state index in [1.165, 1.54) is 7.11 Å². The highest BCUT2D eigenvalue weighted by Gasteiger charge is 2.38. The first-order chi connectivity index (χ1) is 13.8. The zero-order valence-corrected chi connectivity index (χ0v) is 18.5. The first-order valence-electron chi connectivity index (χ1n) is 10.5. The maximum atomic E-state index is 13.5. The second kappa shape index (κ2) is 10.1.